The number of carbonyl (C=O) groups excluding carboxylic acids is 1. The molecule has 2 aromatic rings. The van der Waals surface area contributed by atoms with E-state index in [4.69, 9.17) is 0 Å². The molecule has 0 aliphatic carbocycles. The molecule has 2 N–H and O–H groups in total. The van der Waals surface area contributed by atoms with Crippen molar-refractivity contribution in [1.82, 2.24) is 15.2 Å². The summed E-state index contributed by atoms with van der Waals surface area (Å²) < 4.78 is 0. The standard InChI is InChI=1S/C20H26N4O/c1-15-4-3-5-19(23-15)22-12-17-10-11-24(14-17)13-16-6-8-18(9-7-16)20(25)21-2/h3-9,17H,10-14H2,1-2H3,(H,21,25)(H,22,23). The van der Waals surface area contributed by atoms with Crippen molar-refractivity contribution in [3.63, 3.8) is 0 Å². The maximum Gasteiger partial charge on any atom is 0.251 e. The first-order valence-corrected chi connectivity index (χ1v) is 8.85. The highest BCUT2D eigenvalue weighted by Crippen LogP contribution is 2.19. The van der Waals surface area contributed by atoms with E-state index in [1.807, 2.05) is 49.4 Å². The predicted molar refractivity (Wildman–Crippen MR) is 101 cm³/mol. The van der Waals surface area contributed by atoms with Gasteiger partial charge in [0.05, 0.1) is 0 Å². The van der Waals surface area contributed by atoms with Gasteiger partial charge in [0, 0.05) is 37.9 Å². The summed E-state index contributed by atoms with van der Waals surface area (Å²) in [5, 5.41) is 6.11. The molecular formula is C20H26N4O. The molecule has 1 aromatic heterocycles. The van der Waals surface area contributed by atoms with Crippen molar-refractivity contribution in [2.45, 2.75) is 19.9 Å². The molecule has 25 heavy (non-hydrogen) atoms. The number of anilines is 1. The number of benzene rings is 1. The van der Waals surface area contributed by atoms with Crippen molar-refractivity contribution in [2.24, 2.45) is 5.92 Å². The molecule has 1 amide bonds. The molecule has 0 radical (unpaired) electrons. The van der Waals surface area contributed by atoms with Crippen molar-refractivity contribution in [1.29, 1.82) is 0 Å². The molecule has 1 aliphatic rings. The van der Waals surface area contributed by atoms with Crippen LogP contribution in [0.5, 0.6) is 0 Å². The summed E-state index contributed by atoms with van der Waals surface area (Å²) in [6.07, 6.45) is 1.20. The Balaban J connectivity index is 1.47. The lowest BCUT2D eigenvalue weighted by Gasteiger charge is -2.17. The van der Waals surface area contributed by atoms with Gasteiger partial charge in [-0.1, -0.05) is 18.2 Å². The van der Waals surface area contributed by atoms with Crippen molar-refractivity contribution in [2.75, 3.05) is 32.0 Å². The monoisotopic (exact) mass is 338 g/mol. The van der Waals surface area contributed by atoms with Gasteiger partial charge in [-0.3, -0.25) is 9.69 Å². The number of likely N-dealkylation sites (tertiary alicyclic amines) is 1. The first kappa shape index (κ1) is 17.4. The third-order valence-electron chi connectivity index (χ3n) is 4.68. The summed E-state index contributed by atoms with van der Waals surface area (Å²) in [5.41, 5.74) is 3.00. The molecule has 5 heteroatoms. The molecule has 1 fully saturated rings. The second-order valence-electron chi connectivity index (χ2n) is 6.71. The van der Waals surface area contributed by atoms with Crippen LogP contribution in [0.25, 0.3) is 0 Å². The van der Waals surface area contributed by atoms with E-state index in [0.29, 0.717) is 11.5 Å². The van der Waals surface area contributed by atoms with E-state index in [9.17, 15) is 4.79 Å². The fraction of sp³-hybridized carbons (Fsp3) is 0.400. The molecule has 1 unspecified atom stereocenters. The Morgan fingerprint density at radius 2 is 2.04 bits per heavy atom. The number of nitrogens with zero attached hydrogens (tertiary/aromatic N) is 2. The molecule has 0 saturated carbocycles. The van der Waals surface area contributed by atoms with Gasteiger partial charge < -0.3 is 10.6 Å². The van der Waals surface area contributed by atoms with Crippen LogP contribution in [-0.2, 0) is 6.54 Å². The van der Waals surface area contributed by atoms with Crippen LogP contribution >= 0.6 is 0 Å². The third-order valence-corrected chi connectivity index (χ3v) is 4.68. The van der Waals surface area contributed by atoms with Crippen LogP contribution < -0.4 is 10.6 Å². The average molecular weight is 338 g/mol. The van der Waals surface area contributed by atoms with E-state index in [2.05, 4.69) is 20.5 Å². The Bertz CT molecular complexity index is 714. The summed E-state index contributed by atoms with van der Waals surface area (Å²) in [4.78, 5) is 18.6. The van der Waals surface area contributed by atoms with Crippen LogP contribution in [-0.4, -0.2) is 42.5 Å². The van der Waals surface area contributed by atoms with Gasteiger partial charge in [0.25, 0.3) is 5.91 Å². The second-order valence-corrected chi connectivity index (χ2v) is 6.71. The van der Waals surface area contributed by atoms with E-state index >= 15 is 0 Å². The van der Waals surface area contributed by atoms with Gasteiger partial charge in [0.2, 0.25) is 0 Å². The fourth-order valence-corrected chi connectivity index (χ4v) is 3.28. The molecule has 1 aliphatic heterocycles. The lowest BCUT2D eigenvalue weighted by molar-refractivity contribution is 0.0963. The quantitative estimate of drug-likeness (QED) is 0.850. The van der Waals surface area contributed by atoms with Gasteiger partial charge in [-0.25, -0.2) is 4.98 Å². The van der Waals surface area contributed by atoms with Crippen molar-refractivity contribution < 1.29 is 4.79 Å². The number of nitrogens with one attached hydrogen (secondary N) is 2. The Labute approximate surface area is 149 Å². The SMILES string of the molecule is CNC(=O)c1ccc(CN2CCC(CNc3cccc(C)n3)C2)cc1. The summed E-state index contributed by atoms with van der Waals surface area (Å²) in [6.45, 7) is 6.12. The molecule has 1 saturated heterocycles. The van der Waals surface area contributed by atoms with E-state index in [-0.39, 0.29) is 5.91 Å². The molecule has 0 spiro atoms. The molecule has 132 valence electrons. The minimum absolute atomic E-state index is 0.0383. The number of carbonyl (C=O) groups is 1. The molecule has 1 atom stereocenters. The minimum Gasteiger partial charge on any atom is -0.370 e. The van der Waals surface area contributed by atoms with Crippen LogP contribution in [0, 0.1) is 12.8 Å². The van der Waals surface area contributed by atoms with Gasteiger partial charge in [0.1, 0.15) is 5.82 Å². The van der Waals surface area contributed by atoms with Crippen LogP contribution in [0.3, 0.4) is 0 Å². The summed E-state index contributed by atoms with van der Waals surface area (Å²) in [6, 6.07) is 14.0. The molecule has 5 nitrogen and oxygen atoms in total. The summed E-state index contributed by atoms with van der Waals surface area (Å²) in [5.74, 6) is 1.57. The maximum absolute atomic E-state index is 11.6. The summed E-state index contributed by atoms with van der Waals surface area (Å²) >= 11 is 0. The van der Waals surface area contributed by atoms with Crippen LogP contribution in [0.15, 0.2) is 42.5 Å². The summed E-state index contributed by atoms with van der Waals surface area (Å²) in [7, 11) is 1.65. The third kappa shape index (κ3) is 4.79. The predicted octanol–water partition coefficient (Wildman–Crippen LogP) is 2.68. The number of amides is 1. The number of hydrogen-bond acceptors (Lipinski definition) is 4. The van der Waals surface area contributed by atoms with Crippen LogP contribution in [0.4, 0.5) is 5.82 Å². The van der Waals surface area contributed by atoms with Crippen molar-refractivity contribution >= 4 is 11.7 Å². The Morgan fingerprint density at radius 3 is 2.76 bits per heavy atom. The highest BCUT2D eigenvalue weighted by Gasteiger charge is 2.22. The van der Waals surface area contributed by atoms with E-state index in [0.717, 1.165) is 37.7 Å². The molecule has 3 rings (SSSR count). The highest BCUT2D eigenvalue weighted by molar-refractivity contribution is 5.93. The second kappa shape index (κ2) is 8.12. The van der Waals surface area contributed by atoms with E-state index in [1.54, 1.807) is 7.05 Å². The molecular weight excluding hydrogens is 312 g/mol. The first-order valence-electron chi connectivity index (χ1n) is 8.85. The van der Waals surface area contributed by atoms with Gasteiger partial charge in [0.15, 0.2) is 0 Å². The smallest absolute Gasteiger partial charge is 0.251 e. The van der Waals surface area contributed by atoms with Crippen LogP contribution in [0.1, 0.15) is 28.0 Å². The Morgan fingerprint density at radius 1 is 1.24 bits per heavy atom. The average Bonchev–Trinajstić information content (AvgIpc) is 3.07. The van der Waals surface area contributed by atoms with Gasteiger partial charge in [-0.05, 0) is 55.6 Å². The van der Waals surface area contributed by atoms with E-state index in [1.165, 1.54) is 12.0 Å². The van der Waals surface area contributed by atoms with Crippen LogP contribution in [0.2, 0.25) is 0 Å². The number of aryl methyl sites for hydroxylation is 1. The lowest BCUT2D eigenvalue weighted by Crippen LogP contribution is -2.23. The van der Waals surface area contributed by atoms with Crippen molar-refractivity contribution in [3.05, 3.63) is 59.3 Å². The number of aromatic nitrogens is 1. The first-order chi connectivity index (χ1) is 12.1. The highest BCUT2D eigenvalue weighted by atomic mass is 16.1. The number of rotatable bonds is 6. The zero-order chi connectivity index (χ0) is 17.6. The van der Waals surface area contributed by atoms with Gasteiger partial charge in [-0.2, -0.15) is 0 Å². The molecule has 1 aromatic carbocycles. The Hall–Kier alpha value is -2.40. The Kier molecular flexibility index (Phi) is 5.66. The zero-order valence-electron chi connectivity index (χ0n) is 15.0. The molecule has 0 bridgehead atoms. The van der Waals surface area contributed by atoms with E-state index < -0.39 is 0 Å². The maximum atomic E-state index is 11.6. The number of pyridine rings is 1. The minimum atomic E-state index is -0.0383. The lowest BCUT2D eigenvalue weighted by atomic mass is 10.1. The molecule has 2 heterocycles. The fourth-order valence-electron chi connectivity index (χ4n) is 3.28. The van der Waals surface area contributed by atoms with Crippen molar-refractivity contribution in [3.8, 4) is 0 Å². The normalized spacial score (nSPS) is 17.4. The van der Waals surface area contributed by atoms with Gasteiger partial charge >= 0.3 is 0 Å². The van der Waals surface area contributed by atoms with Gasteiger partial charge in [-0.15, -0.1) is 0 Å². The topological polar surface area (TPSA) is 57.3 Å². The number of hydrogen-bond donors (Lipinski definition) is 2. The zero-order valence-corrected chi connectivity index (χ0v) is 15.0. The largest absolute Gasteiger partial charge is 0.370 e.